The Kier molecular flexibility index (Phi) is 2.45. The molecule has 0 saturated carbocycles. The van der Waals surface area contributed by atoms with E-state index in [0.29, 0.717) is 0 Å². The summed E-state index contributed by atoms with van der Waals surface area (Å²) in [5.41, 5.74) is 0.817. The molecule has 0 saturated heterocycles. The van der Waals surface area contributed by atoms with Crippen LogP contribution in [0, 0.1) is 0 Å². The molecule has 1 aromatic rings. The molecule has 0 aliphatic carbocycles. The Morgan fingerprint density at radius 2 is 2.30 bits per heavy atom. The van der Waals surface area contributed by atoms with Crippen molar-refractivity contribution in [1.29, 1.82) is 0 Å². The highest BCUT2D eigenvalue weighted by Crippen LogP contribution is 2.08. The topological polar surface area (TPSA) is 25.8 Å². The van der Waals surface area contributed by atoms with E-state index in [2.05, 4.69) is 16.5 Å². The van der Waals surface area contributed by atoms with E-state index in [1.807, 2.05) is 6.26 Å². The number of nitrogens with zero attached hydrogens (tertiary/aromatic N) is 2. The summed E-state index contributed by atoms with van der Waals surface area (Å²) in [5, 5.41) is 0.936. The van der Waals surface area contributed by atoms with Gasteiger partial charge in [-0.05, 0) is 12.3 Å². The molecule has 0 spiro atoms. The third-order valence-electron chi connectivity index (χ3n) is 1.07. The lowest BCUT2D eigenvalue weighted by atomic mass is 10.4. The van der Waals surface area contributed by atoms with E-state index >= 15 is 0 Å². The van der Waals surface area contributed by atoms with E-state index in [4.69, 9.17) is 0 Å². The van der Waals surface area contributed by atoms with Gasteiger partial charge in [-0.15, -0.1) is 11.8 Å². The molecule has 0 amide bonds. The van der Waals surface area contributed by atoms with Crippen LogP contribution in [-0.4, -0.2) is 16.2 Å². The summed E-state index contributed by atoms with van der Waals surface area (Å²) in [6.07, 6.45) is 7.09. The molecule has 0 atom stereocenters. The van der Waals surface area contributed by atoms with Gasteiger partial charge in [0.05, 0.1) is 18.1 Å². The van der Waals surface area contributed by atoms with Crippen LogP contribution in [0.4, 0.5) is 0 Å². The molecule has 1 heterocycles. The fourth-order valence-electron chi connectivity index (χ4n) is 0.537. The highest BCUT2D eigenvalue weighted by molar-refractivity contribution is 7.98. The number of aromatic nitrogens is 2. The van der Waals surface area contributed by atoms with Crippen molar-refractivity contribution < 1.29 is 0 Å². The number of thioether (sulfide) groups is 1. The lowest BCUT2D eigenvalue weighted by Crippen LogP contribution is -1.83. The summed E-state index contributed by atoms with van der Waals surface area (Å²) >= 11 is 1.58. The van der Waals surface area contributed by atoms with Gasteiger partial charge in [0, 0.05) is 0 Å². The zero-order valence-corrected chi connectivity index (χ0v) is 6.56. The van der Waals surface area contributed by atoms with Crippen molar-refractivity contribution in [3.8, 4) is 0 Å². The Labute approximate surface area is 64.4 Å². The summed E-state index contributed by atoms with van der Waals surface area (Å²) < 4.78 is 0. The monoisotopic (exact) mass is 152 g/mol. The zero-order chi connectivity index (χ0) is 7.40. The second-order valence-corrected chi connectivity index (χ2v) is 2.51. The molecule has 0 aromatic carbocycles. The Morgan fingerprint density at radius 1 is 1.50 bits per heavy atom. The largest absolute Gasteiger partial charge is 0.252 e. The van der Waals surface area contributed by atoms with Gasteiger partial charge in [-0.3, -0.25) is 4.98 Å². The first-order valence-electron chi connectivity index (χ1n) is 2.85. The van der Waals surface area contributed by atoms with Crippen LogP contribution in [0.1, 0.15) is 5.69 Å². The van der Waals surface area contributed by atoms with Gasteiger partial charge in [0.25, 0.3) is 0 Å². The molecule has 1 aromatic heterocycles. The first-order valence-corrected chi connectivity index (χ1v) is 4.08. The van der Waals surface area contributed by atoms with Crippen LogP contribution in [0.25, 0.3) is 6.08 Å². The molecule has 0 unspecified atom stereocenters. The second kappa shape index (κ2) is 3.37. The van der Waals surface area contributed by atoms with Crippen LogP contribution in [0.5, 0.6) is 0 Å². The Balaban J connectivity index is 2.90. The smallest absolute Gasteiger partial charge is 0.114 e. The maximum absolute atomic E-state index is 4.10. The van der Waals surface area contributed by atoms with Gasteiger partial charge in [-0.25, -0.2) is 4.98 Å². The molecule has 0 fully saturated rings. The van der Waals surface area contributed by atoms with Crippen molar-refractivity contribution in [2.24, 2.45) is 0 Å². The lowest BCUT2D eigenvalue weighted by molar-refractivity contribution is 1.05. The predicted molar refractivity (Wildman–Crippen MR) is 43.9 cm³/mol. The Hall–Kier alpha value is -0.830. The minimum Gasteiger partial charge on any atom is -0.252 e. The maximum Gasteiger partial charge on any atom is 0.114 e. The van der Waals surface area contributed by atoms with Gasteiger partial charge in [0.15, 0.2) is 0 Å². The van der Waals surface area contributed by atoms with E-state index in [0.717, 1.165) is 10.7 Å². The van der Waals surface area contributed by atoms with Crippen molar-refractivity contribution in [1.82, 2.24) is 9.97 Å². The van der Waals surface area contributed by atoms with Gasteiger partial charge in [0.2, 0.25) is 0 Å². The average Bonchev–Trinajstić information content (AvgIpc) is 2.05. The van der Waals surface area contributed by atoms with Crippen LogP contribution >= 0.6 is 11.8 Å². The van der Waals surface area contributed by atoms with E-state index in [-0.39, 0.29) is 0 Å². The van der Waals surface area contributed by atoms with Crippen molar-refractivity contribution in [3.05, 3.63) is 24.7 Å². The van der Waals surface area contributed by atoms with Crippen LogP contribution < -0.4 is 0 Å². The van der Waals surface area contributed by atoms with Crippen LogP contribution in [0.2, 0.25) is 0 Å². The van der Waals surface area contributed by atoms with Crippen LogP contribution in [0.15, 0.2) is 24.0 Å². The predicted octanol–water partition coefficient (Wildman–Crippen LogP) is 1.84. The summed E-state index contributed by atoms with van der Waals surface area (Å²) in [4.78, 5) is 8.16. The average molecular weight is 152 g/mol. The van der Waals surface area contributed by atoms with Crippen molar-refractivity contribution in [2.45, 2.75) is 5.03 Å². The van der Waals surface area contributed by atoms with Gasteiger partial charge in [-0.2, -0.15) is 0 Å². The highest BCUT2D eigenvalue weighted by atomic mass is 32.2. The van der Waals surface area contributed by atoms with Gasteiger partial charge >= 0.3 is 0 Å². The first kappa shape index (κ1) is 7.28. The standard InChI is InChI=1S/C7H8N2S/c1-3-6-4-9-7(10-2)5-8-6/h3-5H,1H2,2H3. The van der Waals surface area contributed by atoms with Gasteiger partial charge in [0.1, 0.15) is 5.03 Å². The SMILES string of the molecule is C=Cc1cnc(SC)cn1. The van der Waals surface area contributed by atoms with E-state index < -0.39 is 0 Å². The molecular formula is C7H8N2S. The second-order valence-electron chi connectivity index (χ2n) is 1.69. The molecule has 3 heteroatoms. The van der Waals surface area contributed by atoms with E-state index in [9.17, 15) is 0 Å². The zero-order valence-electron chi connectivity index (χ0n) is 5.74. The fourth-order valence-corrected chi connectivity index (χ4v) is 0.853. The quantitative estimate of drug-likeness (QED) is 0.605. The molecule has 1 rings (SSSR count). The summed E-state index contributed by atoms with van der Waals surface area (Å²) in [5.74, 6) is 0. The summed E-state index contributed by atoms with van der Waals surface area (Å²) in [7, 11) is 0. The van der Waals surface area contributed by atoms with Crippen molar-refractivity contribution >= 4 is 17.8 Å². The normalized spacial score (nSPS) is 9.30. The molecule has 0 radical (unpaired) electrons. The number of rotatable bonds is 2. The Morgan fingerprint density at radius 3 is 2.70 bits per heavy atom. The number of hydrogen-bond donors (Lipinski definition) is 0. The van der Waals surface area contributed by atoms with E-state index in [1.165, 1.54) is 0 Å². The minimum absolute atomic E-state index is 0.817. The summed E-state index contributed by atoms with van der Waals surface area (Å²) in [6, 6.07) is 0. The maximum atomic E-state index is 4.10. The molecular weight excluding hydrogens is 144 g/mol. The molecule has 2 nitrogen and oxygen atoms in total. The molecule has 10 heavy (non-hydrogen) atoms. The number of hydrogen-bond acceptors (Lipinski definition) is 3. The van der Waals surface area contributed by atoms with Crippen molar-refractivity contribution in [3.63, 3.8) is 0 Å². The molecule has 0 N–H and O–H groups in total. The Bertz CT molecular complexity index is 218. The van der Waals surface area contributed by atoms with Gasteiger partial charge in [-0.1, -0.05) is 6.58 Å². The third kappa shape index (κ3) is 1.57. The van der Waals surface area contributed by atoms with E-state index in [1.54, 1.807) is 30.2 Å². The summed E-state index contributed by atoms with van der Waals surface area (Å²) in [6.45, 7) is 3.58. The minimum atomic E-state index is 0.817. The first-order chi connectivity index (χ1) is 4.86. The lowest BCUT2D eigenvalue weighted by Gasteiger charge is -1.93. The van der Waals surface area contributed by atoms with Gasteiger partial charge < -0.3 is 0 Å². The highest BCUT2D eigenvalue weighted by Gasteiger charge is 1.89. The van der Waals surface area contributed by atoms with Crippen LogP contribution in [0.3, 0.4) is 0 Å². The molecule has 52 valence electrons. The molecule has 0 aliphatic heterocycles. The van der Waals surface area contributed by atoms with Crippen molar-refractivity contribution in [2.75, 3.05) is 6.26 Å². The molecule has 0 bridgehead atoms. The third-order valence-corrected chi connectivity index (χ3v) is 1.70. The molecule has 0 aliphatic rings. The fraction of sp³-hybridized carbons (Fsp3) is 0.143. The van der Waals surface area contributed by atoms with Crippen LogP contribution in [-0.2, 0) is 0 Å².